The highest BCUT2D eigenvalue weighted by molar-refractivity contribution is 7.99. The van der Waals surface area contributed by atoms with Crippen molar-refractivity contribution in [2.75, 3.05) is 0 Å². The highest BCUT2D eigenvalue weighted by atomic mass is 32.2. The molecule has 0 radical (unpaired) electrons. The van der Waals surface area contributed by atoms with Crippen molar-refractivity contribution in [1.82, 2.24) is 4.98 Å². The van der Waals surface area contributed by atoms with Crippen molar-refractivity contribution in [1.29, 1.82) is 5.26 Å². The fourth-order valence-corrected chi connectivity index (χ4v) is 1.98. The lowest BCUT2D eigenvalue weighted by Gasteiger charge is -1.99. The van der Waals surface area contributed by atoms with E-state index in [1.54, 1.807) is 30.1 Å². The zero-order chi connectivity index (χ0) is 10.5. The summed E-state index contributed by atoms with van der Waals surface area (Å²) in [5, 5.41) is 9.59. The second-order valence-corrected chi connectivity index (χ2v) is 4.00. The Morgan fingerprint density at radius 1 is 1.13 bits per heavy atom. The number of hydrogen-bond donors (Lipinski definition) is 0. The van der Waals surface area contributed by atoms with Crippen molar-refractivity contribution in [3.63, 3.8) is 0 Å². The van der Waals surface area contributed by atoms with Crippen molar-refractivity contribution in [2.24, 2.45) is 0 Å². The number of pyridine rings is 1. The predicted molar refractivity (Wildman–Crippen MR) is 59.5 cm³/mol. The van der Waals surface area contributed by atoms with Gasteiger partial charge in [0, 0.05) is 11.1 Å². The highest BCUT2D eigenvalue weighted by Crippen LogP contribution is 2.25. The minimum Gasteiger partial charge on any atom is -0.250 e. The van der Waals surface area contributed by atoms with Gasteiger partial charge >= 0.3 is 0 Å². The molecule has 1 heterocycles. The molecule has 0 atom stereocenters. The first kappa shape index (κ1) is 9.75. The molecule has 0 aliphatic rings. The molecule has 2 nitrogen and oxygen atoms in total. The Morgan fingerprint density at radius 3 is 2.67 bits per heavy atom. The van der Waals surface area contributed by atoms with Crippen molar-refractivity contribution >= 4 is 11.8 Å². The minimum absolute atomic E-state index is 0.642. The van der Waals surface area contributed by atoms with Crippen LogP contribution in [0, 0.1) is 11.3 Å². The molecule has 0 bridgehead atoms. The number of hydrogen-bond acceptors (Lipinski definition) is 3. The van der Waals surface area contributed by atoms with Crippen molar-refractivity contribution in [3.05, 3.63) is 54.2 Å². The van der Waals surface area contributed by atoms with Gasteiger partial charge in [-0.1, -0.05) is 30.0 Å². The molecule has 0 spiro atoms. The van der Waals surface area contributed by atoms with Crippen molar-refractivity contribution in [3.8, 4) is 6.07 Å². The van der Waals surface area contributed by atoms with Crippen LogP contribution in [0.4, 0.5) is 0 Å². The number of nitrogens with zero attached hydrogens (tertiary/aromatic N) is 2. The Bertz CT molecular complexity index is 488. The Kier molecular flexibility index (Phi) is 3.01. The van der Waals surface area contributed by atoms with Crippen LogP contribution in [-0.2, 0) is 0 Å². The number of aromatic nitrogens is 1. The Morgan fingerprint density at radius 2 is 1.93 bits per heavy atom. The maximum atomic E-state index is 8.74. The molecule has 2 rings (SSSR count). The summed E-state index contributed by atoms with van der Waals surface area (Å²) in [4.78, 5) is 5.32. The van der Waals surface area contributed by atoms with Crippen LogP contribution >= 0.6 is 11.8 Å². The van der Waals surface area contributed by atoms with Gasteiger partial charge in [-0.15, -0.1) is 0 Å². The summed E-state index contributed by atoms with van der Waals surface area (Å²) < 4.78 is 0. The van der Waals surface area contributed by atoms with Gasteiger partial charge in [0.15, 0.2) is 0 Å². The smallest absolute Gasteiger partial charge is 0.102 e. The molecule has 1 aromatic carbocycles. The lowest BCUT2D eigenvalue weighted by molar-refractivity contribution is 1.12. The molecule has 0 amide bonds. The van der Waals surface area contributed by atoms with Gasteiger partial charge in [0.2, 0.25) is 0 Å². The van der Waals surface area contributed by atoms with Gasteiger partial charge in [0.25, 0.3) is 0 Å². The van der Waals surface area contributed by atoms with E-state index in [2.05, 4.69) is 11.1 Å². The molecule has 0 saturated heterocycles. The van der Waals surface area contributed by atoms with E-state index >= 15 is 0 Å². The quantitative estimate of drug-likeness (QED) is 0.767. The summed E-state index contributed by atoms with van der Waals surface area (Å²) >= 11 is 1.55. The standard InChI is InChI=1S/C12H8N2S/c13-9-10-6-7-14-12(8-10)15-11-4-2-1-3-5-11/h1-8H. The molecule has 15 heavy (non-hydrogen) atoms. The van der Waals surface area contributed by atoms with E-state index in [0.29, 0.717) is 5.56 Å². The number of benzene rings is 1. The van der Waals surface area contributed by atoms with Gasteiger partial charge in [-0.25, -0.2) is 4.98 Å². The molecule has 2 aromatic rings. The van der Waals surface area contributed by atoms with Crippen LogP contribution in [0.3, 0.4) is 0 Å². The van der Waals surface area contributed by atoms with Crippen LogP contribution in [0.5, 0.6) is 0 Å². The van der Waals surface area contributed by atoms with E-state index in [9.17, 15) is 0 Å². The lowest BCUT2D eigenvalue weighted by Crippen LogP contribution is -1.81. The summed E-state index contributed by atoms with van der Waals surface area (Å²) in [6.45, 7) is 0. The second-order valence-electron chi connectivity index (χ2n) is 2.91. The van der Waals surface area contributed by atoms with Crippen molar-refractivity contribution in [2.45, 2.75) is 9.92 Å². The average Bonchev–Trinajstić information content (AvgIpc) is 2.31. The predicted octanol–water partition coefficient (Wildman–Crippen LogP) is 3.10. The topological polar surface area (TPSA) is 36.7 Å². The van der Waals surface area contributed by atoms with Gasteiger partial charge < -0.3 is 0 Å². The van der Waals surface area contributed by atoms with E-state index in [1.165, 1.54) is 0 Å². The minimum atomic E-state index is 0.642. The molecule has 3 heteroatoms. The maximum Gasteiger partial charge on any atom is 0.102 e. The number of rotatable bonds is 2. The van der Waals surface area contributed by atoms with E-state index < -0.39 is 0 Å². The van der Waals surface area contributed by atoms with Crippen LogP contribution in [0.1, 0.15) is 5.56 Å². The largest absolute Gasteiger partial charge is 0.250 e. The average molecular weight is 212 g/mol. The Balaban J connectivity index is 2.22. The summed E-state index contributed by atoms with van der Waals surface area (Å²) in [6.07, 6.45) is 1.66. The van der Waals surface area contributed by atoms with Crippen LogP contribution in [0.15, 0.2) is 58.6 Å². The first-order chi connectivity index (χ1) is 7.38. The molecule has 1 aromatic heterocycles. The van der Waals surface area contributed by atoms with E-state index in [-0.39, 0.29) is 0 Å². The second kappa shape index (κ2) is 4.63. The van der Waals surface area contributed by atoms with Crippen molar-refractivity contribution < 1.29 is 0 Å². The van der Waals surface area contributed by atoms with Gasteiger partial charge in [-0.05, 0) is 24.3 Å². The zero-order valence-electron chi connectivity index (χ0n) is 7.92. The third-order valence-electron chi connectivity index (χ3n) is 1.83. The van der Waals surface area contributed by atoms with Gasteiger partial charge in [0.1, 0.15) is 5.03 Å². The molecule has 72 valence electrons. The van der Waals surface area contributed by atoms with E-state index in [0.717, 1.165) is 9.92 Å². The fraction of sp³-hybridized carbons (Fsp3) is 0. The molecule has 0 aliphatic carbocycles. The molecule has 0 saturated carbocycles. The molecule has 0 fully saturated rings. The summed E-state index contributed by atoms with van der Waals surface area (Å²) in [7, 11) is 0. The Labute approximate surface area is 92.6 Å². The van der Waals surface area contributed by atoms with Gasteiger partial charge in [-0.3, -0.25) is 0 Å². The maximum absolute atomic E-state index is 8.74. The number of nitriles is 1. The first-order valence-corrected chi connectivity index (χ1v) is 5.29. The molecular formula is C12H8N2S. The normalized spacial score (nSPS) is 9.53. The Hall–Kier alpha value is -1.79. The van der Waals surface area contributed by atoms with E-state index in [4.69, 9.17) is 5.26 Å². The van der Waals surface area contributed by atoms with E-state index in [1.807, 2.05) is 30.3 Å². The SMILES string of the molecule is N#Cc1ccnc(Sc2ccccc2)c1. The molecule has 0 unspecified atom stereocenters. The highest BCUT2D eigenvalue weighted by Gasteiger charge is 1.98. The van der Waals surface area contributed by atoms with Crippen LogP contribution in [0.2, 0.25) is 0 Å². The third-order valence-corrected chi connectivity index (χ3v) is 2.77. The molecular weight excluding hydrogens is 204 g/mol. The van der Waals surface area contributed by atoms with Crippen LogP contribution < -0.4 is 0 Å². The van der Waals surface area contributed by atoms with Crippen LogP contribution in [-0.4, -0.2) is 4.98 Å². The lowest BCUT2D eigenvalue weighted by atomic mass is 10.3. The van der Waals surface area contributed by atoms with Crippen LogP contribution in [0.25, 0.3) is 0 Å². The molecule has 0 aliphatic heterocycles. The zero-order valence-corrected chi connectivity index (χ0v) is 8.74. The summed E-state index contributed by atoms with van der Waals surface area (Å²) in [5.41, 5.74) is 0.642. The molecule has 0 N–H and O–H groups in total. The first-order valence-electron chi connectivity index (χ1n) is 4.47. The summed E-state index contributed by atoms with van der Waals surface area (Å²) in [6, 6.07) is 15.6. The fourth-order valence-electron chi connectivity index (χ4n) is 1.14. The third kappa shape index (κ3) is 2.58. The van der Waals surface area contributed by atoms with Gasteiger partial charge in [0.05, 0.1) is 11.6 Å². The van der Waals surface area contributed by atoms with Gasteiger partial charge in [-0.2, -0.15) is 5.26 Å². The monoisotopic (exact) mass is 212 g/mol. The summed E-state index contributed by atoms with van der Waals surface area (Å²) in [5.74, 6) is 0.